The van der Waals surface area contributed by atoms with E-state index in [0.29, 0.717) is 5.91 Å². The van der Waals surface area contributed by atoms with Crippen LogP contribution < -0.4 is 5.32 Å². The van der Waals surface area contributed by atoms with Crippen LogP contribution in [0.4, 0.5) is 0 Å². The van der Waals surface area contributed by atoms with Gasteiger partial charge in [-0.25, -0.2) is 4.98 Å². The van der Waals surface area contributed by atoms with Crippen molar-refractivity contribution >= 4 is 33.2 Å². The highest BCUT2D eigenvalue weighted by Gasteiger charge is 2.59. The summed E-state index contributed by atoms with van der Waals surface area (Å²) in [7, 11) is 0. The van der Waals surface area contributed by atoms with Crippen molar-refractivity contribution in [2.45, 2.75) is 69.0 Å². The first-order valence-electron chi connectivity index (χ1n) is 9.35. The maximum atomic E-state index is 12.9. The predicted molar refractivity (Wildman–Crippen MR) is 102 cm³/mol. The van der Waals surface area contributed by atoms with Crippen molar-refractivity contribution in [3.8, 4) is 0 Å². The van der Waals surface area contributed by atoms with Crippen LogP contribution in [0.5, 0.6) is 0 Å². The van der Waals surface area contributed by atoms with Gasteiger partial charge >= 0.3 is 0 Å². The molecule has 0 spiro atoms. The lowest BCUT2D eigenvalue weighted by molar-refractivity contribution is -0.144. The molecule has 24 heavy (non-hydrogen) atoms. The minimum absolute atomic E-state index is 0.0694. The number of aryl methyl sites for hydroxylation is 2. The maximum absolute atomic E-state index is 12.9. The predicted octanol–water partition coefficient (Wildman–Crippen LogP) is 4.62. The topological polar surface area (TPSA) is 42.0 Å². The molecule has 4 fully saturated rings. The third kappa shape index (κ3) is 3.31. The van der Waals surface area contributed by atoms with Crippen molar-refractivity contribution in [3.63, 3.8) is 0 Å². The molecule has 4 saturated carbocycles. The van der Waals surface area contributed by atoms with Crippen LogP contribution in [0.15, 0.2) is 5.38 Å². The lowest BCUT2D eigenvalue weighted by Gasteiger charge is -2.59. The Morgan fingerprint density at radius 3 is 2.71 bits per heavy atom. The zero-order valence-electron chi connectivity index (χ0n) is 14.4. The molecule has 1 heterocycles. The first-order valence-corrected chi connectivity index (χ1v) is 11.0. The summed E-state index contributed by atoms with van der Waals surface area (Å²) >= 11 is 5.74. The fourth-order valence-corrected chi connectivity index (χ4v) is 8.00. The van der Waals surface area contributed by atoms with Gasteiger partial charge < -0.3 is 5.32 Å². The highest BCUT2D eigenvalue weighted by Crippen LogP contribution is 2.64. The van der Waals surface area contributed by atoms with Crippen LogP contribution in [0.1, 0.15) is 62.1 Å². The van der Waals surface area contributed by atoms with E-state index in [1.54, 1.807) is 11.3 Å². The van der Waals surface area contributed by atoms with Crippen molar-refractivity contribution in [2.75, 3.05) is 6.54 Å². The number of hydrogen-bond donors (Lipinski definition) is 1. The second-order valence-corrected chi connectivity index (χ2v) is 11.1. The van der Waals surface area contributed by atoms with Gasteiger partial charge in [-0.2, -0.15) is 0 Å². The van der Waals surface area contributed by atoms with E-state index in [1.807, 2.05) is 6.92 Å². The van der Waals surface area contributed by atoms with Gasteiger partial charge in [0.05, 0.1) is 10.4 Å². The highest BCUT2D eigenvalue weighted by molar-refractivity contribution is 9.10. The van der Waals surface area contributed by atoms with Crippen LogP contribution in [0, 0.1) is 24.2 Å². The SMILES string of the molecule is Cc1csc(CCCCNC(=O)C23CC4CC(CC(Br)(C4)C2)C3)n1. The summed E-state index contributed by atoms with van der Waals surface area (Å²) in [6.07, 6.45) is 10.4. The third-order valence-corrected chi connectivity index (χ3v) is 8.20. The largest absolute Gasteiger partial charge is 0.356 e. The smallest absolute Gasteiger partial charge is 0.226 e. The number of nitrogens with one attached hydrogen (secondary N) is 1. The number of halogens is 1. The van der Waals surface area contributed by atoms with Crippen molar-refractivity contribution in [1.82, 2.24) is 10.3 Å². The minimum atomic E-state index is -0.0694. The molecule has 1 aromatic rings. The molecule has 0 radical (unpaired) electrons. The molecule has 4 bridgehead atoms. The van der Waals surface area contributed by atoms with E-state index < -0.39 is 0 Å². The molecule has 132 valence electrons. The molecular formula is C19H27BrN2OS. The Labute approximate surface area is 157 Å². The first-order chi connectivity index (χ1) is 11.5. The Hall–Kier alpha value is -0.420. The molecule has 2 unspecified atom stereocenters. The lowest BCUT2D eigenvalue weighted by Crippen LogP contribution is -2.58. The normalized spacial score (nSPS) is 36.9. The molecule has 3 nitrogen and oxygen atoms in total. The first kappa shape index (κ1) is 17.0. The fraction of sp³-hybridized carbons (Fsp3) is 0.789. The van der Waals surface area contributed by atoms with Gasteiger partial charge in [-0.05, 0) is 76.5 Å². The molecule has 1 N–H and O–H groups in total. The summed E-state index contributed by atoms with van der Waals surface area (Å²) in [5.74, 6) is 1.87. The number of unbranched alkanes of at least 4 members (excludes halogenated alkanes) is 1. The van der Waals surface area contributed by atoms with Crippen molar-refractivity contribution in [2.24, 2.45) is 17.3 Å². The van der Waals surface area contributed by atoms with E-state index >= 15 is 0 Å². The van der Waals surface area contributed by atoms with Crippen LogP contribution >= 0.6 is 27.3 Å². The molecule has 0 aliphatic heterocycles. The molecule has 1 amide bonds. The zero-order valence-corrected chi connectivity index (χ0v) is 16.8. The van der Waals surface area contributed by atoms with Gasteiger partial charge in [-0.1, -0.05) is 15.9 Å². The van der Waals surface area contributed by atoms with Crippen LogP contribution in [0.2, 0.25) is 0 Å². The van der Waals surface area contributed by atoms with Crippen LogP contribution in [0.25, 0.3) is 0 Å². The summed E-state index contributed by atoms with van der Waals surface area (Å²) in [4.78, 5) is 17.4. The average molecular weight is 411 g/mol. The molecule has 5 heteroatoms. The van der Waals surface area contributed by atoms with Crippen LogP contribution in [-0.2, 0) is 11.2 Å². The average Bonchev–Trinajstić information content (AvgIpc) is 2.89. The minimum Gasteiger partial charge on any atom is -0.356 e. The number of hydrogen-bond acceptors (Lipinski definition) is 3. The highest BCUT2D eigenvalue weighted by atomic mass is 79.9. The second-order valence-electron chi connectivity index (χ2n) is 8.49. The van der Waals surface area contributed by atoms with Gasteiger partial charge in [0.25, 0.3) is 0 Å². The van der Waals surface area contributed by atoms with E-state index in [1.165, 1.54) is 24.3 Å². The molecular weight excluding hydrogens is 384 g/mol. The van der Waals surface area contributed by atoms with E-state index in [2.05, 4.69) is 31.6 Å². The Balaban J connectivity index is 1.26. The molecule has 4 aliphatic carbocycles. The van der Waals surface area contributed by atoms with Gasteiger partial charge in [0, 0.05) is 21.9 Å². The summed E-state index contributed by atoms with van der Waals surface area (Å²) in [6.45, 7) is 2.86. The number of rotatable bonds is 6. The van der Waals surface area contributed by atoms with E-state index in [4.69, 9.17) is 0 Å². The van der Waals surface area contributed by atoms with Gasteiger partial charge in [0.15, 0.2) is 0 Å². The standard InChI is InChI=1S/C19H27BrN2OS/c1-13-11-24-16(22-13)4-2-3-5-21-17(23)18-7-14-6-15(8-18)10-19(20,9-14)12-18/h11,14-15H,2-10,12H2,1H3,(H,21,23). The van der Waals surface area contributed by atoms with Gasteiger partial charge in [-0.15, -0.1) is 11.3 Å². The zero-order chi connectivity index (χ0) is 16.8. The number of alkyl halides is 1. The Kier molecular flexibility index (Phi) is 4.53. The Bertz CT molecular complexity index is 615. The monoisotopic (exact) mass is 410 g/mol. The molecule has 0 aromatic carbocycles. The van der Waals surface area contributed by atoms with Crippen molar-refractivity contribution in [3.05, 3.63) is 16.1 Å². The van der Waals surface area contributed by atoms with Gasteiger partial charge in [0.1, 0.15) is 0 Å². The van der Waals surface area contributed by atoms with E-state index in [-0.39, 0.29) is 9.74 Å². The summed E-state index contributed by atoms with van der Waals surface area (Å²) in [5.41, 5.74) is 1.05. The summed E-state index contributed by atoms with van der Waals surface area (Å²) < 4.78 is 0.261. The van der Waals surface area contributed by atoms with E-state index in [9.17, 15) is 4.79 Å². The quantitative estimate of drug-likeness (QED) is 0.548. The number of thiazole rings is 1. The number of carbonyl (C=O) groups excluding carboxylic acids is 1. The number of amides is 1. The number of aromatic nitrogens is 1. The lowest BCUT2D eigenvalue weighted by atomic mass is 9.49. The van der Waals surface area contributed by atoms with Gasteiger partial charge in [-0.3, -0.25) is 4.79 Å². The van der Waals surface area contributed by atoms with Gasteiger partial charge in [0.2, 0.25) is 5.91 Å². The van der Waals surface area contributed by atoms with Crippen molar-refractivity contribution < 1.29 is 4.79 Å². The summed E-state index contributed by atoms with van der Waals surface area (Å²) in [5, 5.41) is 6.61. The molecule has 2 atom stereocenters. The fourth-order valence-electron chi connectivity index (χ4n) is 5.72. The molecule has 5 rings (SSSR count). The van der Waals surface area contributed by atoms with Crippen LogP contribution in [0.3, 0.4) is 0 Å². The van der Waals surface area contributed by atoms with Crippen LogP contribution in [-0.4, -0.2) is 21.8 Å². The molecule has 4 aliphatic rings. The summed E-state index contributed by atoms with van der Waals surface area (Å²) in [6, 6.07) is 0. The van der Waals surface area contributed by atoms with E-state index in [0.717, 1.165) is 62.6 Å². The molecule has 0 saturated heterocycles. The second kappa shape index (κ2) is 6.39. The van der Waals surface area contributed by atoms with Crippen molar-refractivity contribution in [1.29, 1.82) is 0 Å². The number of nitrogens with zero attached hydrogens (tertiary/aromatic N) is 1. The maximum Gasteiger partial charge on any atom is 0.226 e. The third-order valence-electron chi connectivity index (χ3n) is 6.24. The Morgan fingerprint density at radius 2 is 2.08 bits per heavy atom. The number of carbonyl (C=O) groups is 1. The molecule has 1 aromatic heterocycles. The Morgan fingerprint density at radius 1 is 1.33 bits per heavy atom.